The van der Waals surface area contributed by atoms with Crippen molar-refractivity contribution in [2.75, 3.05) is 25.6 Å². The molecule has 6 nitrogen and oxygen atoms in total. The van der Waals surface area contributed by atoms with Gasteiger partial charge in [0.2, 0.25) is 5.91 Å². The average molecular weight is 377 g/mol. The summed E-state index contributed by atoms with van der Waals surface area (Å²) >= 11 is 0. The molecule has 0 radical (unpaired) electrons. The van der Waals surface area contributed by atoms with E-state index in [1.165, 1.54) is 0 Å². The molecular formula is C22H23N3O3. The molecule has 0 saturated carbocycles. The van der Waals surface area contributed by atoms with Crippen LogP contribution < -0.4 is 10.1 Å². The third-order valence-corrected chi connectivity index (χ3v) is 4.84. The maximum atomic E-state index is 12.6. The second-order valence-electron chi connectivity index (χ2n) is 6.88. The monoisotopic (exact) mass is 377 g/mol. The molecule has 1 fully saturated rings. The molecule has 1 aliphatic heterocycles. The van der Waals surface area contributed by atoms with Crippen molar-refractivity contribution < 1.29 is 14.3 Å². The Labute approximate surface area is 164 Å². The Morgan fingerprint density at radius 3 is 2.82 bits per heavy atom. The lowest BCUT2D eigenvalue weighted by molar-refractivity contribution is -0.117. The number of nitrogens with zero attached hydrogens (tertiary/aromatic N) is 2. The van der Waals surface area contributed by atoms with E-state index in [4.69, 9.17) is 14.6 Å². The van der Waals surface area contributed by atoms with Crippen molar-refractivity contribution in [1.82, 2.24) is 9.78 Å². The van der Waals surface area contributed by atoms with Crippen LogP contribution in [-0.4, -0.2) is 36.0 Å². The van der Waals surface area contributed by atoms with E-state index in [1.54, 1.807) is 11.8 Å². The van der Waals surface area contributed by atoms with Gasteiger partial charge in [0.15, 0.2) is 0 Å². The highest BCUT2D eigenvalue weighted by Gasteiger charge is 2.21. The number of hydrogen-bond donors (Lipinski definition) is 1. The molecule has 1 amide bonds. The third-order valence-electron chi connectivity index (χ3n) is 4.84. The van der Waals surface area contributed by atoms with E-state index in [0.29, 0.717) is 18.8 Å². The summed E-state index contributed by atoms with van der Waals surface area (Å²) in [6.45, 7) is 1.39. The number of ether oxygens (including phenoxy) is 2. The quantitative estimate of drug-likeness (QED) is 0.707. The van der Waals surface area contributed by atoms with Gasteiger partial charge in [0.1, 0.15) is 11.6 Å². The number of aromatic nitrogens is 2. The highest BCUT2D eigenvalue weighted by atomic mass is 16.5. The first-order chi connectivity index (χ1) is 13.7. The predicted octanol–water partition coefficient (Wildman–Crippen LogP) is 3.91. The summed E-state index contributed by atoms with van der Waals surface area (Å²) in [5, 5.41) is 7.76. The first-order valence-corrected chi connectivity index (χ1v) is 9.40. The Bertz CT molecular complexity index is 947. The lowest BCUT2D eigenvalue weighted by Crippen LogP contribution is -2.18. The Hall–Kier alpha value is -3.12. The van der Waals surface area contributed by atoms with Crippen molar-refractivity contribution >= 4 is 11.7 Å². The van der Waals surface area contributed by atoms with Crippen molar-refractivity contribution in [1.29, 1.82) is 0 Å². The fourth-order valence-electron chi connectivity index (χ4n) is 3.36. The number of carbonyl (C=O) groups excluding carboxylic acids is 1. The van der Waals surface area contributed by atoms with Gasteiger partial charge >= 0.3 is 0 Å². The van der Waals surface area contributed by atoms with E-state index >= 15 is 0 Å². The van der Waals surface area contributed by atoms with Crippen LogP contribution in [-0.2, 0) is 9.53 Å². The number of hydrogen-bond acceptors (Lipinski definition) is 4. The van der Waals surface area contributed by atoms with Crippen LogP contribution in [0.5, 0.6) is 5.75 Å². The van der Waals surface area contributed by atoms with Crippen LogP contribution in [0.25, 0.3) is 16.9 Å². The lowest BCUT2D eigenvalue weighted by Gasteiger charge is -2.10. The first kappa shape index (κ1) is 18.3. The molecule has 1 aliphatic rings. The van der Waals surface area contributed by atoms with Gasteiger partial charge in [-0.3, -0.25) is 4.79 Å². The molecule has 1 atom stereocenters. The van der Waals surface area contributed by atoms with Gasteiger partial charge in [-0.05, 0) is 36.6 Å². The summed E-state index contributed by atoms with van der Waals surface area (Å²) < 4.78 is 12.5. The van der Waals surface area contributed by atoms with Crippen molar-refractivity contribution in [2.24, 2.45) is 5.92 Å². The largest absolute Gasteiger partial charge is 0.497 e. The smallest absolute Gasteiger partial charge is 0.225 e. The van der Waals surface area contributed by atoms with E-state index in [0.717, 1.165) is 35.7 Å². The van der Waals surface area contributed by atoms with E-state index < -0.39 is 0 Å². The average Bonchev–Trinajstić information content (AvgIpc) is 3.39. The number of carbonyl (C=O) groups is 1. The molecule has 2 aromatic carbocycles. The van der Waals surface area contributed by atoms with Crippen LogP contribution >= 0.6 is 0 Å². The first-order valence-electron chi connectivity index (χ1n) is 9.40. The summed E-state index contributed by atoms with van der Waals surface area (Å²) in [7, 11) is 1.64. The van der Waals surface area contributed by atoms with Crippen molar-refractivity contribution in [2.45, 2.75) is 12.8 Å². The van der Waals surface area contributed by atoms with Crippen LogP contribution in [0.15, 0.2) is 60.7 Å². The third kappa shape index (κ3) is 4.07. The van der Waals surface area contributed by atoms with E-state index in [2.05, 4.69) is 5.32 Å². The Morgan fingerprint density at radius 1 is 1.21 bits per heavy atom. The van der Waals surface area contributed by atoms with E-state index in [1.807, 2.05) is 60.7 Å². The van der Waals surface area contributed by atoms with Gasteiger partial charge in [0, 0.05) is 31.3 Å². The van der Waals surface area contributed by atoms with Gasteiger partial charge in [0.05, 0.1) is 18.5 Å². The van der Waals surface area contributed by atoms with Gasteiger partial charge in [-0.25, -0.2) is 4.68 Å². The van der Waals surface area contributed by atoms with Crippen LogP contribution in [0.4, 0.5) is 5.82 Å². The van der Waals surface area contributed by atoms with Crippen LogP contribution in [0.2, 0.25) is 0 Å². The maximum absolute atomic E-state index is 12.6. The second-order valence-corrected chi connectivity index (χ2v) is 6.88. The topological polar surface area (TPSA) is 65.4 Å². The van der Waals surface area contributed by atoms with E-state index in [-0.39, 0.29) is 11.8 Å². The molecular weight excluding hydrogens is 354 g/mol. The molecule has 6 heteroatoms. The van der Waals surface area contributed by atoms with Gasteiger partial charge in [-0.15, -0.1) is 0 Å². The summed E-state index contributed by atoms with van der Waals surface area (Å²) in [6.07, 6.45) is 1.38. The Morgan fingerprint density at radius 2 is 2.07 bits per heavy atom. The normalized spacial score (nSPS) is 16.1. The summed E-state index contributed by atoms with van der Waals surface area (Å²) in [5.74, 6) is 1.67. The maximum Gasteiger partial charge on any atom is 0.225 e. The number of methoxy groups -OCH3 is 1. The summed E-state index contributed by atoms with van der Waals surface area (Å²) in [6, 6.07) is 19.4. The molecule has 0 unspecified atom stereocenters. The fourth-order valence-corrected chi connectivity index (χ4v) is 3.36. The van der Waals surface area contributed by atoms with Gasteiger partial charge in [-0.1, -0.05) is 30.3 Å². The van der Waals surface area contributed by atoms with Gasteiger partial charge in [0.25, 0.3) is 0 Å². The van der Waals surface area contributed by atoms with Gasteiger partial charge in [-0.2, -0.15) is 5.10 Å². The highest BCUT2D eigenvalue weighted by Crippen LogP contribution is 2.28. The van der Waals surface area contributed by atoms with E-state index in [9.17, 15) is 4.79 Å². The number of benzene rings is 2. The van der Waals surface area contributed by atoms with Crippen LogP contribution in [0, 0.1) is 5.92 Å². The summed E-state index contributed by atoms with van der Waals surface area (Å²) in [5.41, 5.74) is 2.58. The number of amides is 1. The molecule has 2 heterocycles. The number of nitrogens with one attached hydrogen (secondary N) is 1. The van der Waals surface area contributed by atoms with Crippen LogP contribution in [0.1, 0.15) is 12.8 Å². The number of anilines is 1. The minimum atomic E-state index is -0.0234. The molecule has 4 rings (SSSR count). The molecule has 144 valence electrons. The van der Waals surface area contributed by atoms with Crippen LogP contribution in [0.3, 0.4) is 0 Å². The molecule has 28 heavy (non-hydrogen) atoms. The minimum Gasteiger partial charge on any atom is -0.497 e. The second kappa shape index (κ2) is 8.27. The molecule has 1 N–H and O–H groups in total. The molecule has 0 spiro atoms. The van der Waals surface area contributed by atoms with Crippen molar-refractivity contribution in [3.63, 3.8) is 0 Å². The fraction of sp³-hybridized carbons (Fsp3) is 0.273. The van der Waals surface area contributed by atoms with Crippen molar-refractivity contribution in [3.05, 3.63) is 60.7 Å². The highest BCUT2D eigenvalue weighted by molar-refractivity contribution is 5.91. The number of rotatable bonds is 6. The van der Waals surface area contributed by atoms with Gasteiger partial charge < -0.3 is 14.8 Å². The summed E-state index contributed by atoms with van der Waals surface area (Å²) in [4.78, 5) is 12.6. The zero-order valence-corrected chi connectivity index (χ0v) is 15.8. The molecule has 3 aromatic rings. The zero-order chi connectivity index (χ0) is 19.3. The minimum absolute atomic E-state index is 0.0234. The predicted molar refractivity (Wildman–Crippen MR) is 108 cm³/mol. The molecule has 1 saturated heterocycles. The Kier molecular flexibility index (Phi) is 5.39. The Balaban J connectivity index is 1.65. The molecule has 0 bridgehead atoms. The zero-order valence-electron chi connectivity index (χ0n) is 15.8. The SMILES string of the molecule is COc1cccc(-c2cc(NC(=O)C[C@H]3CCOC3)n(-c3ccccc3)n2)c1. The standard InChI is InChI=1S/C22H23N3O3/c1-27-19-9-5-6-17(13-19)20-14-21(23-22(26)12-16-10-11-28-15-16)25(24-20)18-7-3-2-4-8-18/h2-9,13-14,16H,10-12,15H2,1H3,(H,23,26)/t16-/m1/s1. The lowest BCUT2D eigenvalue weighted by atomic mass is 10.1. The molecule has 1 aromatic heterocycles. The van der Waals surface area contributed by atoms with Crippen molar-refractivity contribution in [3.8, 4) is 22.7 Å². The molecule has 0 aliphatic carbocycles. The number of para-hydroxylation sites is 1.